The van der Waals surface area contributed by atoms with E-state index in [-0.39, 0.29) is 6.42 Å². The molecule has 0 saturated carbocycles. The van der Waals surface area contributed by atoms with Crippen LogP contribution in [0.25, 0.3) is 10.7 Å². The van der Waals surface area contributed by atoms with Gasteiger partial charge in [-0.3, -0.25) is 4.79 Å². The monoisotopic (exact) mass is 350 g/mol. The van der Waals surface area contributed by atoms with E-state index in [4.69, 9.17) is 15.0 Å². The van der Waals surface area contributed by atoms with E-state index in [9.17, 15) is 18.0 Å². The van der Waals surface area contributed by atoms with E-state index in [2.05, 4.69) is 14.5 Å². The van der Waals surface area contributed by atoms with Gasteiger partial charge in [0, 0.05) is 23.9 Å². The number of carbonyl (C=O) groups is 2. The third-order valence-corrected chi connectivity index (χ3v) is 2.86. The quantitative estimate of drug-likeness (QED) is 0.749. The second-order valence-corrected chi connectivity index (χ2v) is 4.62. The molecule has 0 unspecified atom stereocenters. The van der Waals surface area contributed by atoms with Crippen LogP contribution in [0.1, 0.15) is 6.42 Å². The molecule has 0 fully saturated rings. The maximum Gasteiger partial charge on any atom is 0.430 e. The number of carbonyl (C=O) groups excluding carboxylic acids is 1. The van der Waals surface area contributed by atoms with Gasteiger partial charge < -0.3 is 15.0 Å². The second-order valence-electron chi connectivity index (χ2n) is 3.83. The van der Waals surface area contributed by atoms with Crippen molar-refractivity contribution in [2.24, 2.45) is 0 Å². The first-order valence-electron chi connectivity index (χ1n) is 5.84. The normalized spacial score (nSPS) is 10.6. The van der Waals surface area contributed by atoms with Gasteiger partial charge in [0.2, 0.25) is 6.20 Å². The fraction of sp³-hybridized carbons (Fsp3) is 0.273. The summed E-state index contributed by atoms with van der Waals surface area (Å²) in [5.74, 6) is -3.24. The summed E-state index contributed by atoms with van der Waals surface area (Å²) in [6, 6.07) is 1.74. The van der Waals surface area contributed by atoms with E-state index in [1.807, 2.05) is 0 Å². The maximum atomic E-state index is 10.5. The summed E-state index contributed by atoms with van der Waals surface area (Å²) in [5, 5.41) is 17.3. The molecular formula is C11H9F3N4O4S. The van der Waals surface area contributed by atoms with Crippen molar-refractivity contribution >= 4 is 23.5 Å². The number of hydrogen-bond donors (Lipinski definition) is 1. The number of alkyl halides is 3. The number of carboxylic acids is 2. The van der Waals surface area contributed by atoms with Crippen LogP contribution in [0.5, 0.6) is 0 Å². The molecule has 0 aromatic carbocycles. The zero-order chi connectivity index (χ0) is 17.5. The van der Waals surface area contributed by atoms with E-state index < -0.39 is 18.1 Å². The minimum atomic E-state index is -5.19. The molecule has 0 radical (unpaired) electrons. The fourth-order valence-electron chi connectivity index (χ4n) is 1.12. The van der Waals surface area contributed by atoms with Gasteiger partial charge in [0.1, 0.15) is 12.4 Å². The summed E-state index contributed by atoms with van der Waals surface area (Å²) in [7, 11) is 0. The lowest BCUT2D eigenvalue weighted by atomic mass is 10.4. The largest absolute Gasteiger partial charge is 0.542 e. The highest BCUT2D eigenvalue weighted by Gasteiger charge is 2.28. The van der Waals surface area contributed by atoms with Crippen LogP contribution in [0, 0.1) is 0 Å². The summed E-state index contributed by atoms with van der Waals surface area (Å²) in [6.07, 6.45) is -0.0697. The van der Waals surface area contributed by atoms with Gasteiger partial charge in [0.25, 0.3) is 0 Å². The van der Waals surface area contributed by atoms with Gasteiger partial charge >= 0.3 is 12.1 Å². The first-order valence-corrected chi connectivity index (χ1v) is 6.61. The van der Waals surface area contributed by atoms with Crippen molar-refractivity contribution in [3.8, 4) is 10.7 Å². The molecule has 0 amide bonds. The van der Waals surface area contributed by atoms with Gasteiger partial charge in [-0.1, -0.05) is 4.68 Å². The maximum absolute atomic E-state index is 10.5. The predicted molar refractivity (Wildman–Crippen MR) is 66.6 cm³/mol. The number of hydrogen-bond acceptors (Lipinski definition) is 7. The van der Waals surface area contributed by atoms with Gasteiger partial charge in [-0.2, -0.15) is 13.2 Å². The third kappa shape index (κ3) is 6.78. The molecule has 2 rings (SSSR count). The smallest absolute Gasteiger partial charge is 0.430 e. The molecule has 0 saturated heterocycles. The zero-order valence-corrected chi connectivity index (χ0v) is 12.0. The first kappa shape index (κ1) is 18.4. The molecule has 0 aliphatic carbocycles. The van der Waals surface area contributed by atoms with Crippen LogP contribution < -0.4 is 9.79 Å². The lowest BCUT2D eigenvalue weighted by Crippen LogP contribution is -2.37. The first-order chi connectivity index (χ1) is 10.7. The molecule has 1 N–H and O–H groups in total. The Morgan fingerprint density at radius 2 is 1.87 bits per heavy atom. The van der Waals surface area contributed by atoms with Crippen LogP contribution in [-0.2, 0) is 16.1 Å². The molecule has 8 nitrogen and oxygen atoms in total. The molecule has 23 heavy (non-hydrogen) atoms. The SMILES string of the molecule is O=C(O)CC[n+]1cc(-c2ncccn2)sn1.O=C([O-])C(F)(F)F. The van der Waals surface area contributed by atoms with Crippen LogP contribution in [0.4, 0.5) is 13.2 Å². The van der Waals surface area contributed by atoms with Crippen molar-refractivity contribution < 1.29 is 37.7 Å². The molecule has 124 valence electrons. The van der Waals surface area contributed by atoms with Crippen LogP contribution >= 0.6 is 11.5 Å². The Morgan fingerprint density at radius 1 is 1.30 bits per heavy atom. The van der Waals surface area contributed by atoms with E-state index >= 15 is 0 Å². The van der Waals surface area contributed by atoms with Gasteiger partial charge in [-0.05, 0) is 6.07 Å². The van der Waals surface area contributed by atoms with Gasteiger partial charge in [0.05, 0.1) is 4.49 Å². The predicted octanol–water partition coefficient (Wildman–Crippen LogP) is -0.339. The van der Waals surface area contributed by atoms with Crippen molar-refractivity contribution in [3.05, 3.63) is 24.7 Å². The number of aromatic nitrogens is 4. The van der Waals surface area contributed by atoms with Crippen LogP contribution in [-0.4, -0.2) is 37.7 Å². The van der Waals surface area contributed by atoms with Crippen molar-refractivity contribution in [2.75, 3.05) is 0 Å². The van der Waals surface area contributed by atoms with Gasteiger partial charge in [0.15, 0.2) is 17.2 Å². The second kappa shape index (κ2) is 8.12. The zero-order valence-electron chi connectivity index (χ0n) is 11.2. The molecule has 0 atom stereocenters. The number of carboxylic acid groups (broad SMARTS) is 2. The van der Waals surface area contributed by atoms with E-state index in [0.29, 0.717) is 12.4 Å². The summed E-state index contributed by atoms with van der Waals surface area (Å²) in [5.41, 5.74) is 0. The molecule has 0 spiro atoms. The Morgan fingerprint density at radius 3 is 2.35 bits per heavy atom. The summed E-state index contributed by atoms with van der Waals surface area (Å²) < 4.78 is 37.2. The summed E-state index contributed by atoms with van der Waals surface area (Å²) >= 11 is 1.25. The third-order valence-electron chi connectivity index (χ3n) is 2.08. The van der Waals surface area contributed by atoms with Crippen LogP contribution in [0.3, 0.4) is 0 Å². The highest BCUT2D eigenvalue weighted by atomic mass is 32.1. The van der Waals surface area contributed by atoms with Gasteiger partial charge in [-0.15, -0.1) is 0 Å². The highest BCUT2D eigenvalue weighted by Crippen LogP contribution is 2.14. The molecule has 2 aromatic rings. The lowest BCUT2D eigenvalue weighted by molar-refractivity contribution is -0.745. The Balaban J connectivity index is 0.000000322. The topological polar surface area (TPSA) is 120 Å². The number of nitrogens with zero attached hydrogens (tertiary/aromatic N) is 4. The Bertz CT molecular complexity index is 663. The van der Waals surface area contributed by atoms with Crippen molar-refractivity contribution in [3.63, 3.8) is 0 Å². The van der Waals surface area contributed by atoms with E-state index in [1.165, 1.54) is 11.5 Å². The molecule has 2 heterocycles. The van der Waals surface area contributed by atoms with E-state index in [1.54, 1.807) is 29.3 Å². The molecule has 0 bridgehead atoms. The minimum absolute atomic E-state index is 0.0590. The number of aliphatic carboxylic acids is 2. The van der Waals surface area contributed by atoms with E-state index in [0.717, 1.165) is 4.88 Å². The van der Waals surface area contributed by atoms with Crippen LogP contribution in [0.15, 0.2) is 24.7 Å². The Kier molecular flexibility index (Phi) is 6.50. The average Bonchev–Trinajstić information content (AvgIpc) is 2.94. The minimum Gasteiger partial charge on any atom is -0.542 e. The number of rotatable bonds is 4. The van der Waals surface area contributed by atoms with Crippen molar-refractivity contribution in [1.82, 2.24) is 14.5 Å². The molecule has 2 aromatic heterocycles. The molecule has 0 aliphatic rings. The standard InChI is InChI=1S/C9H8N4O2S.C2HF3O2/c14-8(15)2-5-13-6-7(16-12-13)9-10-3-1-4-11-9;3-2(4,5)1(6)7/h1,3-4,6H,2,5H2;(H,6,7). The lowest BCUT2D eigenvalue weighted by Gasteiger charge is -2.03. The summed E-state index contributed by atoms with van der Waals surface area (Å²) in [4.78, 5) is 28.2. The molecule has 0 aliphatic heterocycles. The summed E-state index contributed by atoms with van der Waals surface area (Å²) in [6.45, 7) is 0.360. The number of halogens is 3. The average molecular weight is 350 g/mol. The Hall–Kier alpha value is -2.63. The van der Waals surface area contributed by atoms with Crippen LogP contribution in [0.2, 0.25) is 0 Å². The molecular weight excluding hydrogens is 341 g/mol. The Labute approximate surface area is 131 Å². The molecule has 12 heteroatoms. The van der Waals surface area contributed by atoms with Crippen molar-refractivity contribution in [2.45, 2.75) is 19.1 Å². The van der Waals surface area contributed by atoms with Crippen molar-refractivity contribution in [1.29, 1.82) is 0 Å². The highest BCUT2D eigenvalue weighted by molar-refractivity contribution is 7.08. The fourth-order valence-corrected chi connectivity index (χ4v) is 1.80. The van der Waals surface area contributed by atoms with Gasteiger partial charge in [-0.25, -0.2) is 9.97 Å². The number of aryl methyl sites for hydroxylation is 1.